The highest BCUT2D eigenvalue weighted by atomic mass is 32.2. The number of hydrogen-bond donors (Lipinski definition) is 1. The van der Waals surface area contributed by atoms with Gasteiger partial charge in [-0.25, -0.2) is 4.79 Å². The van der Waals surface area contributed by atoms with Crippen LogP contribution in [0.4, 0.5) is 0 Å². The molecule has 1 heterocycles. The summed E-state index contributed by atoms with van der Waals surface area (Å²) in [7, 11) is 0. The number of aromatic carboxylic acids is 1. The quantitative estimate of drug-likeness (QED) is 0.560. The van der Waals surface area contributed by atoms with Gasteiger partial charge in [0.05, 0.1) is 6.61 Å². The zero-order chi connectivity index (χ0) is 16.7. The van der Waals surface area contributed by atoms with Gasteiger partial charge in [0.2, 0.25) is 0 Å². The molecule has 0 spiro atoms. The van der Waals surface area contributed by atoms with Crippen LogP contribution in [0.5, 0.6) is 5.75 Å². The van der Waals surface area contributed by atoms with Crippen LogP contribution < -0.4 is 4.74 Å². The molecule has 0 amide bonds. The summed E-state index contributed by atoms with van der Waals surface area (Å²) in [5.74, 6) is 1.28. The van der Waals surface area contributed by atoms with E-state index in [4.69, 9.17) is 9.84 Å². The fourth-order valence-corrected chi connectivity index (χ4v) is 3.11. The molecule has 0 saturated heterocycles. The lowest BCUT2D eigenvalue weighted by molar-refractivity contribution is 0.0692. The molecule has 1 aromatic carbocycles. The molecule has 0 fully saturated rings. The average Bonchev–Trinajstić information content (AvgIpc) is 2.96. The molecule has 0 aliphatic rings. The monoisotopic (exact) mass is 335 g/mol. The van der Waals surface area contributed by atoms with E-state index in [2.05, 4.69) is 28.6 Å². The van der Waals surface area contributed by atoms with Crippen molar-refractivity contribution in [1.82, 2.24) is 14.8 Å². The molecule has 0 bridgehead atoms. The van der Waals surface area contributed by atoms with Crippen molar-refractivity contribution in [2.75, 3.05) is 12.4 Å². The molecule has 23 heavy (non-hydrogen) atoms. The second kappa shape index (κ2) is 8.57. The van der Waals surface area contributed by atoms with Crippen LogP contribution in [0.2, 0.25) is 0 Å². The Hall–Kier alpha value is -2.02. The van der Waals surface area contributed by atoms with Crippen molar-refractivity contribution < 1.29 is 14.6 Å². The van der Waals surface area contributed by atoms with Gasteiger partial charge >= 0.3 is 5.97 Å². The molecular formula is C16H21N3O3S. The van der Waals surface area contributed by atoms with Gasteiger partial charge in [-0.15, -0.1) is 10.2 Å². The number of nitrogens with zero attached hydrogens (tertiary/aromatic N) is 3. The fraction of sp³-hybridized carbons (Fsp3) is 0.438. The fourth-order valence-electron chi connectivity index (χ4n) is 2.18. The van der Waals surface area contributed by atoms with Crippen LogP contribution in [0.3, 0.4) is 0 Å². The Morgan fingerprint density at radius 3 is 2.78 bits per heavy atom. The van der Waals surface area contributed by atoms with Gasteiger partial charge in [0, 0.05) is 18.7 Å². The molecule has 0 atom stereocenters. The maximum atomic E-state index is 11.1. The zero-order valence-electron chi connectivity index (χ0n) is 13.4. The van der Waals surface area contributed by atoms with Gasteiger partial charge in [0.15, 0.2) is 5.16 Å². The Kier molecular flexibility index (Phi) is 6.46. The Labute approximate surface area is 139 Å². The topological polar surface area (TPSA) is 77.2 Å². The molecule has 0 saturated carbocycles. The minimum atomic E-state index is -0.974. The predicted octanol–water partition coefficient (Wildman–Crippen LogP) is 3.12. The van der Waals surface area contributed by atoms with Crippen molar-refractivity contribution in [2.24, 2.45) is 0 Å². The standard InChI is InChI=1S/C16H21N3O3S/c1-3-14-17-18-16(19(14)4-2)23-11-7-10-22-13-9-6-5-8-12(13)15(20)21/h5-6,8-9H,3-4,7,10-11H2,1-2H3,(H,20,21). The van der Waals surface area contributed by atoms with Crippen LogP contribution in [0.25, 0.3) is 0 Å². The molecule has 1 N–H and O–H groups in total. The number of hydrogen-bond acceptors (Lipinski definition) is 5. The molecule has 7 heteroatoms. The number of carboxylic acids is 1. The zero-order valence-corrected chi connectivity index (χ0v) is 14.2. The van der Waals surface area contributed by atoms with Crippen molar-refractivity contribution in [2.45, 2.75) is 38.4 Å². The summed E-state index contributed by atoms with van der Waals surface area (Å²) in [4.78, 5) is 11.1. The van der Waals surface area contributed by atoms with Crippen LogP contribution in [0.15, 0.2) is 29.4 Å². The largest absolute Gasteiger partial charge is 0.493 e. The average molecular weight is 335 g/mol. The van der Waals surface area contributed by atoms with Crippen LogP contribution in [-0.2, 0) is 13.0 Å². The lowest BCUT2D eigenvalue weighted by Crippen LogP contribution is -2.05. The summed E-state index contributed by atoms with van der Waals surface area (Å²) in [6.45, 7) is 5.48. The molecule has 2 aromatic rings. The molecule has 0 unspecified atom stereocenters. The summed E-state index contributed by atoms with van der Waals surface area (Å²) < 4.78 is 7.70. The smallest absolute Gasteiger partial charge is 0.339 e. The molecule has 1 aromatic heterocycles. The second-order valence-electron chi connectivity index (χ2n) is 4.85. The Bertz CT molecular complexity index is 658. The molecular weight excluding hydrogens is 314 g/mol. The summed E-state index contributed by atoms with van der Waals surface area (Å²) >= 11 is 1.65. The van der Waals surface area contributed by atoms with E-state index in [0.29, 0.717) is 12.4 Å². The first kappa shape index (κ1) is 17.3. The SMILES string of the molecule is CCc1nnc(SCCCOc2ccccc2C(=O)O)n1CC. The van der Waals surface area contributed by atoms with E-state index in [1.807, 2.05) is 0 Å². The van der Waals surface area contributed by atoms with Crippen molar-refractivity contribution >= 4 is 17.7 Å². The number of carboxylic acid groups (broad SMARTS) is 1. The first-order valence-electron chi connectivity index (χ1n) is 7.67. The van der Waals surface area contributed by atoms with Crippen molar-refractivity contribution in [1.29, 1.82) is 0 Å². The van der Waals surface area contributed by atoms with Gasteiger partial charge in [-0.05, 0) is 25.5 Å². The highest BCUT2D eigenvalue weighted by molar-refractivity contribution is 7.99. The summed E-state index contributed by atoms with van der Waals surface area (Å²) in [5, 5.41) is 18.4. The van der Waals surface area contributed by atoms with Crippen molar-refractivity contribution in [3.8, 4) is 5.75 Å². The number of ether oxygens (including phenoxy) is 1. The van der Waals surface area contributed by atoms with E-state index in [-0.39, 0.29) is 5.56 Å². The van der Waals surface area contributed by atoms with Gasteiger partial charge < -0.3 is 14.4 Å². The third-order valence-corrected chi connectivity index (χ3v) is 4.37. The van der Waals surface area contributed by atoms with Crippen LogP contribution in [0, 0.1) is 0 Å². The second-order valence-corrected chi connectivity index (χ2v) is 5.91. The summed E-state index contributed by atoms with van der Waals surface area (Å²) in [6.07, 6.45) is 1.67. The van der Waals surface area contributed by atoms with E-state index in [1.54, 1.807) is 36.0 Å². The maximum Gasteiger partial charge on any atom is 0.339 e. The molecule has 0 aliphatic carbocycles. The first-order valence-corrected chi connectivity index (χ1v) is 8.65. The number of aryl methyl sites for hydroxylation is 1. The van der Waals surface area contributed by atoms with E-state index < -0.39 is 5.97 Å². The number of para-hydroxylation sites is 1. The van der Waals surface area contributed by atoms with Crippen molar-refractivity contribution in [3.63, 3.8) is 0 Å². The number of thioether (sulfide) groups is 1. The highest BCUT2D eigenvalue weighted by Crippen LogP contribution is 2.20. The van der Waals surface area contributed by atoms with Crippen LogP contribution >= 0.6 is 11.8 Å². The van der Waals surface area contributed by atoms with Gasteiger partial charge in [0.1, 0.15) is 17.1 Å². The predicted molar refractivity (Wildman–Crippen MR) is 89.3 cm³/mol. The van der Waals surface area contributed by atoms with E-state index in [1.165, 1.54) is 0 Å². The molecule has 0 radical (unpaired) electrons. The third-order valence-electron chi connectivity index (χ3n) is 3.32. The third kappa shape index (κ3) is 4.48. The lowest BCUT2D eigenvalue weighted by atomic mass is 10.2. The maximum absolute atomic E-state index is 11.1. The Morgan fingerprint density at radius 1 is 1.30 bits per heavy atom. The van der Waals surface area contributed by atoms with E-state index in [9.17, 15) is 4.79 Å². The van der Waals surface area contributed by atoms with Crippen molar-refractivity contribution in [3.05, 3.63) is 35.7 Å². The normalized spacial score (nSPS) is 10.7. The van der Waals surface area contributed by atoms with Gasteiger partial charge in [-0.1, -0.05) is 30.8 Å². The Balaban J connectivity index is 1.81. The highest BCUT2D eigenvalue weighted by Gasteiger charge is 2.11. The molecule has 124 valence electrons. The number of benzene rings is 1. The lowest BCUT2D eigenvalue weighted by Gasteiger charge is -2.09. The van der Waals surface area contributed by atoms with Gasteiger partial charge in [-0.2, -0.15) is 0 Å². The number of carbonyl (C=O) groups is 1. The van der Waals surface area contributed by atoms with E-state index in [0.717, 1.165) is 36.1 Å². The number of aromatic nitrogens is 3. The molecule has 0 aliphatic heterocycles. The van der Waals surface area contributed by atoms with Gasteiger partial charge in [-0.3, -0.25) is 0 Å². The number of rotatable bonds is 9. The first-order chi connectivity index (χ1) is 11.2. The van der Waals surface area contributed by atoms with Crippen LogP contribution in [-0.4, -0.2) is 38.2 Å². The molecule has 6 nitrogen and oxygen atoms in total. The summed E-state index contributed by atoms with van der Waals surface area (Å²) in [6, 6.07) is 6.68. The Morgan fingerprint density at radius 2 is 2.09 bits per heavy atom. The van der Waals surface area contributed by atoms with Crippen LogP contribution in [0.1, 0.15) is 36.5 Å². The molecule has 2 rings (SSSR count). The minimum absolute atomic E-state index is 0.193. The summed E-state index contributed by atoms with van der Waals surface area (Å²) in [5.41, 5.74) is 0.193. The van der Waals surface area contributed by atoms with E-state index >= 15 is 0 Å². The minimum Gasteiger partial charge on any atom is -0.493 e. The van der Waals surface area contributed by atoms with Gasteiger partial charge in [0.25, 0.3) is 0 Å².